The zero-order chi connectivity index (χ0) is 22.8. The fourth-order valence-electron chi connectivity index (χ4n) is 5.82. The van der Waals surface area contributed by atoms with Crippen molar-refractivity contribution in [2.45, 2.75) is 57.0 Å². The molecule has 176 valence electrons. The molecule has 2 aromatic rings. The van der Waals surface area contributed by atoms with Crippen LogP contribution in [0.25, 0.3) is 10.9 Å². The second-order valence-corrected chi connectivity index (χ2v) is 9.61. The third-order valence-electron chi connectivity index (χ3n) is 7.57. The number of fused-ring (bicyclic) bond motifs is 2. The molecule has 3 aliphatic rings. The number of urea groups is 1. The zero-order valence-electron chi connectivity index (χ0n) is 19.0. The van der Waals surface area contributed by atoms with E-state index in [0.717, 1.165) is 22.9 Å². The van der Waals surface area contributed by atoms with Crippen molar-refractivity contribution in [2.75, 3.05) is 26.2 Å². The number of nitrogens with zero attached hydrogens (tertiary/aromatic N) is 2. The van der Waals surface area contributed by atoms with Gasteiger partial charge in [-0.25, -0.2) is 4.79 Å². The number of para-hydroxylation sites is 1. The number of hydrogen-bond acceptors (Lipinski definition) is 4. The lowest BCUT2D eigenvalue weighted by Crippen LogP contribution is -2.51. The van der Waals surface area contributed by atoms with E-state index in [1.165, 1.54) is 43.7 Å². The Kier molecular flexibility index (Phi) is 6.35. The van der Waals surface area contributed by atoms with E-state index in [2.05, 4.69) is 20.5 Å². The van der Waals surface area contributed by atoms with Crippen molar-refractivity contribution < 1.29 is 14.4 Å². The van der Waals surface area contributed by atoms with Gasteiger partial charge < -0.3 is 20.5 Å². The van der Waals surface area contributed by atoms with Crippen molar-refractivity contribution >= 4 is 28.7 Å². The zero-order valence-corrected chi connectivity index (χ0v) is 19.0. The van der Waals surface area contributed by atoms with E-state index >= 15 is 0 Å². The number of benzene rings is 1. The third-order valence-corrected chi connectivity index (χ3v) is 7.57. The van der Waals surface area contributed by atoms with Crippen LogP contribution in [0.5, 0.6) is 0 Å². The molecule has 0 spiro atoms. The molecule has 3 fully saturated rings. The van der Waals surface area contributed by atoms with Gasteiger partial charge in [-0.2, -0.15) is 0 Å². The van der Waals surface area contributed by atoms with Gasteiger partial charge in [-0.1, -0.05) is 24.6 Å². The van der Waals surface area contributed by atoms with Crippen LogP contribution in [0, 0.1) is 5.92 Å². The maximum Gasteiger partial charge on any atom is 0.324 e. The van der Waals surface area contributed by atoms with Crippen LogP contribution in [0.2, 0.25) is 0 Å². The predicted molar refractivity (Wildman–Crippen MR) is 126 cm³/mol. The van der Waals surface area contributed by atoms with Gasteiger partial charge in [-0.3, -0.25) is 14.5 Å². The summed E-state index contributed by atoms with van der Waals surface area (Å²) in [6.45, 7) is 3.29. The minimum atomic E-state index is -0.780. The SMILES string of the molecule is O=C(C[C@@H]1NC(=O)N(CCc2c[nH]c3ccccc23)C1=O)NC[C@@H]1CCCN2CCCC[C@H]12. The molecule has 0 unspecified atom stereocenters. The first kappa shape index (κ1) is 21.9. The molecule has 0 aliphatic carbocycles. The van der Waals surface area contributed by atoms with Crippen molar-refractivity contribution in [2.24, 2.45) is 5.92 Å². The molecule has 1 aromatic carbocycles. The molecule has 0 bridgehead atoms. The van der Waals surface area contributed by atoms with Gasteiger partial charge in [0.25, 0.3) is 5.91 Å². The van der Waals surface area contributed by atoms with E-state index in [1.807, 2.05) is 30.5 Å². The van der Waals surface area contributed by atoms with Crippen LogP contribution in [0.3, 0.4) is 0 Å². The quantitative estimate of drug-likeness (QED) is 0.563. The lowest BCUT2D eigenvalue weighted by molar-refractivity contribution is -0.131. The van der Waals surface area contributed by atoms with E-state index in [0.29, 0.717) is 31.5 Å². The Hall–Kier alpha value is -2.87. The highest BCUT2D eigenvalue weighted by Crippen LogP contribution is 2.30. The molecule has 33 heavy (non-hydrogen) atoms. The first-order valence-corrected chi connectivity index (χ1v) is 12.3. The predicted octanol–water partition coefficient (Wildman–Crippen LogP) is 2.40. The highest BCUT2D eigenvalue weighted by atomic mass is 16.2. The van der Waals surface area contributed by atoms with Crippen LogP contribution < -0.4 is 10.6 Å². The van der Waals surface area contributed by atoms with Crippen LogP contribution in [0.15, 0.2) is 30.5 Å². The van der Waals surface area contributed by atoms with Crippen LogP contribution in [-0.2, 0) is 16.0 Å². The standard InChI is InChI=1S/C25H33N5O3/c31-23(27-16-18-6-5-12-29-11-4-3-9-22(18)29)14-21-24(32)30(25(33)28-21)13-10-17-15-26-20-8-2-1-7-19(17)20/h1-2,7-8,15,18,21-22,26H,3-6,9-14,16H2,(H,27,31)(H,28,33)/t18-,21-,22+/m0/s1. The van der Waals surface area contributed by atoms with Crippen molar-refractivity contribution in [3.05, 3.63) is 36.0 Å². The van der Waals surface area contributed by atoms with Gasteiger partial charge in [0.05, 0.1) is 6.42 Å². The number of carbonyl (C=O) groups is 3. The molecule has 8 nitrogen and oxygen atoms in total. The monoisotopic (exact) mass is 451 g/mol. The largest absolute Gasteiger partial charge is 0.361 e. The fraction of sp³-hybridized carbons (Fsp3) is 0.560. The van der Waals surface area contributed by atoms with E-state index < -0.39 is 12.1 Å². The summed E-state index contributed by atoms with van der Waals surface area (Å²) in [6, 6.07) is 7.34. The van der Waals surface area contributed by atoms with Crippen LogP contribution in [0.4, 0.5) is 4.79 Å². The lowest BCUT2D eigenvalue weighted by Gasteiger charge is -2.44. The molecular weight excluding hydrogens is 418 g/mol. The summed E-state index contributed by atoms with van der Waals surface area (Å²) in [5.74, 6) is -0.00397. The third kappa shape index (κ3) is 4.62. The first-order valence-electron chi connectivity index (χ1n) is 12.3. The topological polar surface area (TPSA) is 97.5 Å². The highest BCUT2D eigenvalue weighted by molar-refractivity contribution is 6.05. The summed E-state index contributed by atoms with van der Waals surface area (Å²) in [4.78, 5) is 44.9. The van der Waals surface area contributed by atoms with E-state index in [1.54, 1.807) is 0 Å². The highest BCUT2D eigenvalue weighted by Gasteiger charge is 2.39. The van der Waals surface area contributed by atoms with Gasteiger partial charge >= 0.3 is 6.03 Å². The molecule has 4 heterocycles. The van der Waals surface area contributed by atoms with E-state index in [9.17, 15) is 14.4 Å². The summed E-state index contributed by atoms with van der Waals surface area (Å²) < 4.78 is 0. The Morgan fingerprint density at radius 2 is 1.94 bits per heavy atom. The molecule has 4 amide bonds. The normalized spacial score (nSPS) is 25.8. The van der Waals surface area contributed by atoms with Crippen molar-refractivity contribution in [1.82, 2.24) is 25.4 Å². The number of aromatic amines is 1. The Bertz CT molecular complexity index is 1030. The molecule has 8 heteroatoms. The lowest BCUT2D eigenvalue weighted by atomic mass is 9.83. The van der Waals surface area contributed by atoms with Crippen LogP contribution in [-0.4, -0.2) is 70.9 Å². The molecule has 3 atom stereocenters. The molecule has 3 saturated heterocycles. The Morgan fingerprint density at radius 1 is 1.09 bits per heavy atom. The van der Waals surface area contributed by atoms with Gasteiger partial charge in [-0.05, 0) is 62.7 Å². The van der Waals surface area contributed by atoms with Gasteiger partial charge in [0, 0.05) is 36.2 Å². The Labute approximate surface area is 194 Å². The average molecular weight is 452 g/mol. The fourth-order valence-corrected chi connectivity index (χ4v) is 5.82. The van der Waals surface area contributed by atoms with Gasteiger partial charge in [-0.15, -0.1) is 0 Å². The molecule has 0 saturated carbocycles. The number of piperidine rings is 2. The summed E-state index contributed by atoms with van der Waals surface area (Å²) in [7, 11) is 0. The molecule has 1 aromatic heterocycles. The summed E-state index contributed by atoms with van der Waals surface area (Å²) in [5, 5.41) is 6.84. The number of amides is 4. The number of hydrogen-bond donors (Lipinski definition) is 3. The van der Waals surface area contributed by atoms with Gasteiger partial charge in [0.2, 0.25) is 5.91 Å². The van der Waals surface area contributed by atoms with Gasteiger partial charge in [0.15, 0.2) is 0 Å². The van der Waals surface area contributed by atoms with Crippen LogP contribution in [0.1, 0.15) is 44.1 Å². The summed E-state index contributed by atoms with van der Waals surface area (Å²) in [5.41, 5.74) is 2.10. The van der Waals surface area contributed by atoms with Gasteiger partial charge in [0.1, 0.15) is 6.04 Å². The molecule has 3 N–H and O–H groups in total. The number of nitrogens with one attached hydrogen (secondary N) is 3. The maximum atomic E-state index is 12.8. The summed E-state index contributed by atoms with van der Waals surface area (Å²) in [6.07, 6.45) is 8.56. The van der Waals surface area contributed by atoms with Crippen molar-refractivity contribution in [3.8, 4) is 0 Å². The summed E-state index contributed by atoms with van der Waals surface area (Å²) >= 11 is 0. The number of imide groups is 1. The Morgan fingerprint density at radius 3 is 2.85 bits per heavy atom. The molecule has 3 aliphatic heterocycles. The van der Waals surface area contributed by atoms with Crippen molar-refractivity contribution in [1.29, 1.82) is 0 Å². The first-order chi connectivity index (χ1) is 16.1. The number of aromatic nitrogens is 1. The molecular formula is C25H33N5O3. The smallest absolute Gasteiger partial charge is 0.324 e. The number of rotatable bonds is 7. The molecule has 0 radical (unpaired) electrons. The van der Waals surface area contributed by atoms with Crippen molar-refractivity contribution in [3.63, 3.8) is 0 Å². The Balaban J connectivity index is 1.12. The molecule has 5 rings (SSSR count). The van der Waals surface area contributed by atoms with E-state index in [4.69, 9.17) is 0 Å². The maximum absolute atomic E-state index is 12.8. The number of H-pyrrole nitrogens is 1. The van der Waals surface area contributed by atoms with E-state index in [-0.39, 0.29) is 18.2 Å². The average Bonchev–Trinajstić information content (AvgIpc) is 3.36. The van der Waals surface area contributed by atoms with Crippen LogP contribution >= 0.6 is 0 Å². The second-order valence-electron chi connectivity index (χ2n) is 9.61. The second kappa shape index (κ2) is 9.55. The minimum absolute atomic E-state index is 0.00470. The number of carbonyl (C=O) groups excluding carboxylic acids is 3. The minimum Gasteiger partial charge on any atom is -0.361 e.